The number of aromatic nitrogens is 2. The maximum Gasteiger partial charge on any atom is 0.323 e. The summed E-state index contributed by atoms with van der Waals surface area (Å²) in [6.07, 6.45) is 1.20. The van der Waals surface area contributed by atoms with E-state index in [9.17, 15) is 9.59 Å². The second kappa shape index (κ2) is 9.68. The summed E-state index contributed by atoms with van der Waals surface area (Å²) < 4.78 is 5.66. The third kappa shape index (κ3) is 5.66. The molecule has 0 radical (unpaired) electrons. The van der Waals surface area contributed by atoms with Crippen LogP contribution in [0.25, 0.3) is 0 Å². The normalized spacial score (nSPS) is 10.2. The van der Waals surface area contributed by atoms with Crippen molar-refractivity contribution in [1.29, 1.82) is 0 Å². The van der Waals surface area contributed by atoms with Gasteiger partial charge in [0.15, 0.2) is 0 Å². The SMILES string of the molecule is CONC(=O)c1cc(Oc2cccc(NC(=O)Nc3ccc(Cl)c(C)c3)c2)ncn1. The Morgan fingerprint density at radius 3 is 2.50 bits per heavy atom. The number of nitrogens with zero attached hydrogens (tertiary/aromatic N) is 2. The molecule has 0 unspecified atom stereocenters. The van der Waals surface area contributed by atoms with Crippen LogP contribution in [0.1, 0.15) is 16.1 Å². The van der Waals surface area contributed by atoms with Gasteiger partial charge in [0.2, 0.25) is 5.88 Å². The monoisotopic (exact) mass is 427 g/mol. The number of ether oxygens (including phenoxy) is 1. The lowest BCUT2D eigenvalue weighted by Crippen LogP contribution is -2.22. The van der Waals surface area contributed by atoms with Gasteiger partial charge in [0.1, 0.15) is 17.8 Å². The fourth-order valence-corrected chi connectivity index (χ4v) is 2.56. The highest BCUT2D eigenvalue weighted by molar-refractivity contribution is 6.31. The van der Waals surface area contributed by atoms with E-state index >= 15 is 0 Å². The van der Waals surface area contributed by atoms with E-state index in [4.69, 9.17) is 16.3 Å². The van der Waals surface area contributed by atoms with Crippen molar-refractivity contribution in [1.82, 2.24) is 15.4 Å². The second-order valence-electron chi connectivity index (χ2n) is 6.05. The molecule has 1 heterocycles. The molecule has 0 saturated heterocycles. The van der Waals surface area contributed by atoms with E-state index in [-0.39, 0.29) is 11.6 Å². The number of aryl methyl sites for hydroxylation is 1. The van der Waals surface area contributed by atoms with Gasteiger partial charge in [-0.25, -0.2) is 20.2 Å². The molecule has 0 bridgehead atoms. The molecule has 30 heavy (non-hydrogen) atoms. The Labute approximate surface area is 177 Å². The minimum atomic E-state index is -0.533. The van der Waals surface area contributed by atoms with Gasteiger partial charge in [0, 0.05) is 28.5 Å². The molecule has 0 atom stereocenters. The number of hydrogen-bond acceptors (Lipinski definition) is 6. The van der Waals surface area contributed by atoms with Crippen molar-refractivity contribution in [3.05, 3.63) is 71.1 Å². The number of carbonyl (C=O) groups is 2. The largest absolute Gasteiger partial charge is 0.439 e. The van der Waals surface area contributed by atoms with Crippen LogP contribution in [0, 0.1) is 6.92 Å². The zero-order valence-corrected chi connectivity index (χ0v) is 16.9. The van der Waals surface area contributed by atoms with E-state index in [0.717, 1.165) is 5.56 Å². The van der Waals surface area contributed by atoms with Crippen molar-refractivity contribution in [2.24, 2.45) is 0 Å². The zero-order chi connectivity index (χ0) is 21.5. The average molecular weight is 428 g/mol. The Kier molecular flexibility index (Phi) is 6.79. The summed E-state index contributed by atoms with van der Waals surface area (Å²) in [7, 11) is 1.32. The number of nitrogens with one attached hydrogen (secondary N) is 3. The predicted octanol–water partition coefficient (Wildman–Crippen LogP) is 4.17. The number of urea groups is 1. The van der Waals surface area contributed by atoms with Gasteiger partial charge in [0.25, 0.3) is 5.91 Å². The number of hydroxylamine groups is 1. The van der Waals surface area contributed by atoms with E-state index in [1.165, 1.54) is 19.5 Å². The fourth-order valence-electron chi connectivity index (χ4n) is 2.44. The Balaban J connectivity index is 1.66. The molecule has 10 heteroatoms. The standard InChI is InChI=1S/C20H18ClN5O4/c1-12-8-14(6-7-16(12)21)25-20(28)24-13-4-3-5-15(9-13)30-18-10-17(22-11-23-18)19(27)26-29-2/h3-11H,1-2H3,(H,26,27)(H2,24,25,28). The minimum Gasteiger partial charge on any atom is -0.439 e. The number of rotatable bonds is 6. The molecule has 3 amide bonds. The van der Waals surface area contributed by atoms with Crippen molar-refractivity contribution in [3.63, 3.8) is 0 Å². The summed E-state index contributed by atoms with van der Waals surface area (Å²) in [4.78, 5) is 36.4. The Bertz CT molecular complexity index is 1080. The number of benzene rings is 2. The van der Waals surface area contributed by atoms with Crippen LogP contribution in [0.3, 0.4) is 0 Å². The van der Waals surface area contributed by atoms with Crippen molar-refractivity contribution in [2.75, 3.05) is 17.7 Å². The Morgan fingerprint density at radius 2 is 1.77 bits per heavy atom. The average Bonchev–Trinajstić information content (AvgIpc) is 2.71. The van der Waals surface area contributed by atoms with Crippen LogP contribution in [0.2, 0.25) is 5.02 Å². The maximum absolute atomic E-state index is 12.3. The van der Waals surface area contributed by atoms with Gasteiger partial charge in [-0.2, -0.15) is 0 Å². The second-order valence-corrected chi connectivity index (χ2v) is 6.46. The van der Waals surface area contributed by atoms with Crippen LogP contribution in [0.15, 0.2) is 54.9 Å². The van der Waals surface area contributed by atoms with E-state index in [0.29, 0.717) is 22.1 Å². The number of hydrogen-bond donors (Lipinski definition) is 3. The van der Waals surface area contributed by atoms with Crippen molar-refractivity contribution in [3.8, 4) is 11.6 Å². The molecule has 0 aliphatic heterocycles. The van der Waals surface area contributed by atoms with E-state index in [1.54, 1.807) is 42.5 Å². The van der Waals surface area contributed by atoms with Crippen LogP contribution >= 0.6 is 11.6 Å². The number of anilines is 2. The quantitative estimate of drug-likeness (QED) is 0.509. The van der Waals surface area contributed by atoms with Crippen LogP contribution in [-0.4, -0.2) is 29.0 Å². The highest BCUT2D eigenvalue weighted by Crippen LogP contribution is 2.24. The molecule has 3 rings (SSSR count). The lowest BCUT2D eigenvalue weighted by atomic mass is 10.2. The summed E-state index contributed by atoms with van der Waals surface area (Å²) >= 11 is 5.99. The van der Waals surface area contributed by atoms with Crippen LogP contribution < -0.4 is 20.9 Å². The summed E-state index contributed by atoms with van der Waals surface area (Å²) in [6.45, 7) is 1.85. The van der Waals surface area contributed by atoms with Crippen molar-refractivity contribution in [2.45, 2.75) is 6.92 Å². The molecule has 1 aromatic heterocycles. The molecular formula is C20H18ClN5O4. The summed E-state index contributed by atoms with van der Waals surface area (Å²) in [5.41, 5.74) is 4.21. The molecule has 0 fully saturated rings. The highest BCUT2D eigenvalue weighted by Gasteiger charge is 2.10. The van der Waals surface area contributed by atoms with E-state index < -0.39 is 11.9 Å². The highest BCUT2D eigenvalue weighted by atomic mass is 35.5. The number of amides is 3. The molecule has 2 aromatic carbocycles. The van der Waals surface area contributed by atoms with Crippen LogP contribution in [-0.2, 0) is 4.84 Å². The Morgan fingerprint density at radius 1 is 1.00 bits per heavy atom. The predicted molar refractivity (Wildman–Crippen MR) is 112 cm³/mol. The van der Waals surface area contributed by atoms with Gasteiger partial charge in [-0.15, -0.1) is 0 Å². The van der Waals surface area contributed by atoms with E-state index in [1.807, 2.05) is 6.92 Å². The first-order chi connectivity index (χ1) is 14.4. The first kappa shape index (κ1) is 21.0. The smallest absolute Gasteiger partial charge is 0.323 e. The molecule has 154 valence electrons. The number of halogens is 1. The first-order valence-corrected chi connectivity index (χ1v) is 9.10. The van der Waals surface area contributed by atoms with Gasteiger partial charge in [-0.05, 0) is 42.8 Å². The van der Waals surface area contributed by atoms with Gasteiger partial charge in [0.05, 0.1) is 7.11 Å². The van der Waals surface area contributed by atoms with Gasteiger partial charge < -0.3 is 15.4 Å². The maximum atomic E-state index is 12.3. The third-order valence-electron chi connectivity index (χ3n) is 3.80. The molecular weight excluding hydrogens is 410 g/mol. The van der Waals surface area contributed by atoms with Crippen molar-refractivity contribution >= 4 is 34.9 Å². The fraction of sp³-hybridized carbons (Fsp3) is 0.100. The number of carbonyl (C=O) groups excluding carboxylic acids is 2. The molecule has 9 nitrogen and oxygen atoms in total. The zero-order valence-electron chi connectivity index (χ0n) is 16.1. The van der Waals surface area contributed by atoms with Crippen LogP contribution in [0.5, 0.6) is 11.6 Å². The minimum absolute atomic E-state index is 0.0776. The summed E-state index contributed by atoms with van der Waals surface area (Å²) in [6, 6.07) is 12.8. The van der Waals surface area contributed by atoms with Gasteiger partial charge in [-0.3, -0.25) is 9.63 Å². The third-order valence-corrected chi connectivity index (χ3v) is 4.22. The molecule has 3 N–H and O–H groups in total. The van der Waals surface area contributed by atoms with Crippen LogP contribution in [0.4, 0.5) is 16.2 Å². The topological polar surface area (TPSA) is 114 Å². The lowest BCUT2D eigenvalue weighted by molar-refractivity contribution is 0.0532. The Hall–Kier alpha value is -3.69. The van der Waals surface area contributed by atoms with Gasteiger partial charge >= 0.3 is 6.03 Å². The molecule has 0 saturated carbocycles. The lowest BCUT2D eigenvalue weighted by Gasteiger charge is -2.10. The van der Waals surface area contributed by atoms with Gasteiger partial charge in [-0.1, -0.05) is 17.7 Å². The summed E-state index contributed by atoms with van der Waals surface area (Å²) in [5, 5.41) is 6.08. The molecule has 0 spiro atoms. The van der Waals surface area contributed by atoms with Crippen molar-refractivity contribution < 1.29 is 19.2 Å². The first-order valence-electron chi connectivity index (χ1n) is 8.72. The molecule has 0 aliphatic carbocycles. The molecule has 3 aromatic rings. The van der Waals surface area contributed by atoms with E-state index in [2.05, 4.69) is 30.9 Å². The summed E-state index contributed by atoms with van der Waals surface area (Å²) in [5.74, 6) is 0.0331. The molecule has 0 aliphatic rings.